The number of hydrogen-bond donors (Lipinski definition) is 0. The third-order valence-corrected chi connectivity index (χ3v) is 4.45. The highest BCUT2D eigenvalue weighted by Gasteiger charge is 2.26. The summed E-state index contributed by atoms with van der Waals surface area (Å²) in [4.78, 5) is 7.05. The Morgan fingerprint density at radius 2 is 2.20 bits per heavy atom. The molecule has 1 aliphatic rings. The van der Waals surface area contributed by atoms with Gasteiger partial charge in [-0.1, -0.05) is 17.7 Å². The number of imidazole rings is 1. The fraction of sp³-hybridized carbons (Fsp3) is 0.533. The van der Waals surface area contributed by atoms with E-state index in [-0.39, 0.29) is 5.38 Å². The lowest BCUT2D eigenvalue weighted by Crippen LogP contribution is -2.25. The predicted molar refractivity (Wildman–Crippen MR) is 84.7 cm³/mol. The Morgan fingerprint density at radius 1 is 1.45 bits per heavy atom. The summed E-state index contributed by atoms with van der Waals surface area (Å²) in [7, 11) is 2.18. The van der Waals surface area contributed by atoms with Gasteiger partial charge in [0, 0.05) is 19.1 Å². The van der Waals surface area contributed by atoms with Gasteiger partial charge in [0.2, 0.25) is 0 Å². The van der Waals surface area contributed by atoms with E-state index >= 15 is 0 Å². The van der Waals surface area contributed by atoms with E-state index in [1.54, 1.807) is 0 Å². The smallest absolute Gasteiger partial charge is 0.127 e. The maximum Gasteiger partial charge on any atom is 0.127 e. The van der Waals surface area contributed by atoms with Gasteiger partial charge in [-0.05, 0) is 38.9 Å². The van der Waals surface area contributed by atoms with Crippen molar-refractivity contribution in [2.75, 3.05) is 13.6 Å². The van der Waals surface area contributed by atoms with Crippen molar-refractivity contribution in [2.24, 2.45) is 0 Å². The van der Waals surface area contributed by atoms with Crippen LogP contribution in [0, 0.1) is 0 Å². The Balaban J connectivity index is 1.95. The number of likely N-dealkylation sites (N-methyl/N-ethyl adjacent to an activating group) is 1. The SMILES string of the molecule is CC(Cl)c1nc2cccc(Cl)c2n1CCN(C)C1CC1. The van der Waals surface area contributed by atoms with Crippen LogP contribution in [0.15, 0.2) is 18.2 Å². The second kappa shape index (κ2) is 5.55. The third-order valence-electron chi connectivity index (χ3n) is 3.95. The molecule has 1 heterocycles. The molecule has 1 atom stereocenters. The molecule has 20 heavy (non-hydrogen) atoms. The van der Waals surface area contributed by atoms with Gasteiger partial charge in [-0.2, -0.15) is 0 Å². The van der Waals surface area contributed by atoms with Crippen LogP contribution < -0.4 is 0 Å². The van der Waals surface area contributed by atoms with E-state index in [0.717, 1.165) is 41.0 Å². The van der Waals surface area contributed by atoms with Crippen LogP contribution in [0.4, 0.5) is 0 Å². The first-order chi connectivity index (χ1) is 9.58. The molecule has 3 rings (SSSR count). The summed E-state index contributed by atoms with van der Waals surface area (Å²) >= 11 is 12.6. The van der Waals surface area contributed by atoms with Crippen LogP contribution >= 0.6 is 23.2 Å². The fourth-order valence-electron chi connectivity index (χ4n) is 2.65. The van der Waals surface area contributed by atoms with Gasteiger partial charge in [-0.15, -0.1) is 11.6 Å². The van der Waals surface area contributed by atoms with Gasteiger partial charge < -0.3 is 9.47 Å². The van der Waals surface area contributed by atoms with Gasteiger partial charge in [0.05, 0.1) is 21.4 Å². The molecule has 0 N–H and O–H groups in total. The van der Waals surface area contributed by atoms with Crippen LogP contribution in [0.5, 0.6) is 0 Å². The average molecular weight is 312 g/mol. The standard InChI is InChI=1S/C15H19Cl2N3/c1-10(16)15-18-13-5-3-4-12(17)14(13)20(15)9-8-19(2)11-6-7-11/h3-5,10-11H,6-9H2,1-2H3. The Kier molecular flexibility index (Phi) is 3.93. The second-order valence-corrected chi connectivity index (χ2v) is 6.62. The first kappa shape index (κ1) is 14.2. The minimum absolute atomic E-state index is 0.121. The zero-order valence-corrected chi connectivity index (χ0v) is 13.3. The predicted octanol–water partition coefficient (Wildman–Crippen LogP) is 4.08. The van der Waals surface area contributed by atoms with Crippen LogP contribution in [0.3, 0.4) is 0 Å². The number of para-hydroxylation sites is 1. The highest BCUT2D eigenvalue weighted by molar-refractivity contribution is 6.35. The lowest BCUT2D eigenvalue weighted by molar-refractivity contribution is 0.309. The lowest BCUT2D eigenvalue weighted by Gasteiger charge is -2.18. The number of nitrogens with zero attached hydrogens (tertiary/aromatic N) is 3. The van der Waals surface area contributed by atoms with E-state index in [9.17, 15) is 0 Å². The van der Waals surface area contributed by atoms with Crippen molar-refractivity contribution in [3.8, 4) is 0 Å². The highest BCUT2D eigenvalue weighted by atomic mass is 35.5. The van der Waals surface area contributed by atoms with E-state index < -0.39 is 0 Å². The Morgan fingerprint density at radius 3 is 2.85 bits per heavy atom. The lowest BCUT2D eigenvalue weighted by atomic mass is 10.3. The molecule has 1 fully saturated rings. The quantitative estimate of drug-likeness (QED) is 0.776. The molecule has 1 aromatic carbocycles. The molecular formula is C15H19Cl2N3. The Labute approximate surface area is 129 Å². The number of fused-ring (bicyclic) bond motifs is 1. The van der Waals surface area contributed by atoms with Crippen molar-refractivity contribution in [3.63, 3.8) is 0 Å². The molecule has 1 unspecified atom stereocenters. The van der Waals surface area contributed by atoms with E-state index in [4.69, 9.17) is 23.2 Å². The van der Waals surface area contributed by atoms with Crippen molar-refractivity contribution in [1.29, 1.82) is 0 Å². The van der Waals surface area contributed by atoms with Crippen molar-refractivity contribution in [3.05, 3.63) is 29.0 Å². The number of aromatic nitrogens is 2. The number of rotatable bonds is 5. The molecule has 1 saturated carbocycles. The molecule has 5 heteroatoms. The Bertz CT molecular complexity index is 617. The van der Waals surface area contributed by atoms with Crippen LogP contribution in [0.25, 0.3) is 11.0 Å². The van der Waals surface area contributed by atoms with Crippen molar-refractivity contribution in [1.82, 2.24) is 14.5 Å². The number of alkyl halides is 1. The minimum Gasteiger partial charge on any atom is -0.324 e. The van der Waals surface area contributed by atoms with Crippen molar-refractivity contribution < 1.29 is 0 Å². The normalized spacial score (nSPS) is 17.1. The third kappa shape index (κ3) is 2.67. The van der Waals surface area contributed by atoms with Crippen LogP contribution in [-0.4, -0.2) is 34.1 Å². The van der Waals surface area contributed by atoms with Gasteiger partial charge >= 0.3 is 0 Å². The fourth-order valence-corrected chi connectivity index (χ4v) is 3.08. The van der Waals surface area contributed by atoms with Gasteiger partial charge in [-0.25, -0.2) is 4.98 Å². The molecule has 3 nitrogen and oxygen atoms in total. The maximum absolute atomic E-state index is 6.35. The molecule has 0 aliphatic heterocycles. The first-order valence-electron chi connectivity index (χ1n) is 7.07. The minimum atomic E-state index is -0.121. The molecule has 0 saturated heterocycles. The summed E-state index contributed by atoms with van der Waals surface area (Å²) in [6, 6.07) is 6.60. The summed E-state index contributed by atoms with van der Waals surface area (Å²) in [5.41, 5.74) is 1.93. The van der Waals surface area contributed by atoms with Crippen molar-refractivity contribution >= 4 is 34.2 Å². The topological polar surface area (TPSA) is 21.1 Å². The molecule has 1 aliphatic carbocycles. The second-order valence-electron chi connectivity index (χ2n) is 5.56. The molecule has 1 aromatic heterocycles. The van der Waals surface area contributed by atoms with Crippen molar-refractivity contribution in [2.45, 2.75) is 37.7 Å². The molecule has 0 bridgehead atoms. The van der Waals surface area contributed by atoms with Crippen LogP contribution in [0.1, 0.15) is 31.0 Å². The molecule has 0 amide bonds. The van der Waals surface area contributed by atoms with Gasteiger partial charge in [-0.3, -0.25) is 0 Å². The van der Waals surface area contributed by atoms with Gasteiger partial charge in [0.25, 0.3) is 0 Å². The number of benzene rings is 1. The zero-order valence-electron chi connectivity index (χ0n) is 11.8. The Hall–Kier alpha value is -0.770. The number of halogens is 2. The van der Waals surface area contributed by atoms with Gasteiger partial charge in [0.1, 0.15) is 5.82 Å². The largest absolute Gasteiger partial charge is 0.324 e. The van der Waals surface area contributed by atoms with Gasteiger partial charge in [0.15, 0.2) is 0 Å². The molecule has 0 radical (unpaired) electrons. The zero-order chi connectivity index (χ0) is 14.3. The van der Waals surface area contributed by atoms with E-state index in [1.165, 1.54) is 12.8 Å². The molecule has 108 valence electrons. The molecule has 2 aromatic rings. The monoisotopic (exact) mass is 311 g/mol. The highest BCUT2D eigenvalue weighted by Crippen LogP contribution is 2.30. The van der Waals surface area contributed by atoms with Crippen LogP contribution in [0.2, 0.25) is 5.02 Å². The summed E-state index contributed by atoms with van der Waals surface area (Å²) in [5, 5.41) is 0.623. The maximum atomic E-state index is 6.35. The summed E-state index contributed by atoms with van der Waals surface area (Å²) in [6.07, 6.45) is 2.64. The summed E-state index contributed by atoms with van der Waals surface area (Å²) < 4.78 is 2.17. The van der Waals surface area contributed by atoms with Crippen LogP contribution in [-0.2, 0) is 6.54 Å². The van der Waals surface area contributed by atoms with E-state index in [1.807, 2.05) is 25.1 Å². The van der Waals surface area contributed by atoms with E-state index in [0.29, 0.717) is 0 Å². The summed E-state index contributed by atoms with van der Waals surface area (Å²) in [6.45, 7) is 3.83. The first-order valence-corrected chi connectivity index (χ1v) is 7.88. The molecular weight excluding hydrogens is 293 g/mol. The average Bonchev–Trinajstić information content (AvgIpc) is 3.17. The van der Waals surface area contributed by atoms with E-state index in [2.05, 4.69) is 21.5 Å². The number of hydrogen-bond acceptors (Lipinski definition) is 2. The molecule has 0 spiro atoms. The summed E-state index contributed by atoms with van der Waals surface area (Å²) in [5.74, 6) is 0.902.